The van der Waals surface area contributed by atoms with Gasteiger partial charge in [0.05, 0.1) is 5.56 Å². The molecule has 0 radical (unpaired) electrons. The maximum absolute atomic E-state index is 12.7. The van der Waals surface area contributed by atoms with Crippen molar-refractivity contribution in [1.82, 2.24) is 10.2 Å². The number of hydrogen-bond acceptors (Lipinski definition) is 2. The van der Waals surface area contributed by atoms with E-state index >= 15 is 0 Å². The molecule has 1 saturated heterocycles. The van der Waals surface area contributed by atoms with Crippen LogP contribution in [0.15, 0.2) is 24.3 Å². The molecule has 1 aliphatic heterocycles. The first-order valence-corrected chi connectivity index (χ1v) is 6.98. The molecule has 1 heterocycles. The van der Waals surface area contributed by atoms with E-state index in [4.69, 9.17) is 0 Å². The van der Waals surface area contributed by atoms with Gasteiger partial charge in [-0.2, -0.15) is 13.2 Å². The van der Waals surface area contributed by atoms with Gasteiger partial charge >= 0.3 is 6.18 Å². The lowest BCUT2D eigenvalue weighted by molar-refractivity contribution is -0.137. The maximum Gasteiger partial charge on any atom is 0.416 e. The molecule has 0 aliphatic carbocycles. The van der Waals surface area contributed by atoms with Crippen LogP contribution in [0.5, 0.6) is 0 Å². The molecule has 0 saturated carbocycles. The van der Waals surface area contributed by atoms with Crippen molar-refractivity contribution in [3.05, 3.63) is 35.4 Å². The number of halogens is 3. The van der Waals surface area contributed by atoms with Gasteiger partial charge in [0.25, 0.3) is 0 Å². The van der Waals surface area contributed by atoms with E-state index in [1.54, 1.807) is 6.07 Å². The second kappa shape index (κ2) is 6.14. The number of alkyl halides is 3. The molecule has 1 aromatic rings. The van der Waals surface area contributed by atoms with Crippen LogP contribution < -0.4 is 5.32 Å². The first kappa shape index (κ1) is 15.3. The molecule has 2 unspecified atom stereocenters. The van der Waals surface area contributed by atoms with Gasteiger partial charge in [0.2, 0.25) is 0 Å². The van der Waals surface area contributed by atoms with Crippen LogP contribution in [-0.4, -0.2) is 31.1 Å². The second-order valence-electron chi connectivity index (χ2n) is 5.53. The van der Waals surface area contributed by atoms with E-state index in [9.17, 15) is 13.2 Å². The van der Waals surface area contributed by atoms with Crippen LogP contribution in [0.3, 0.4) is 0 Å². The molecule has 0 spiro atoms. The third-order valence-electron chi connectivity index (χ3n) is 4.05. The average Bonchev–Trinajstić information content (AvgIpc) is 2.81. The fraction of sp³-hybridized carbons (Fsp3) is 0.600. The largest absolute Gasteiger partial charge is 0.416 e. The van der Waals surface area contributed by atoms with E-state index in [0.29, 0.717) is 11.6 Å². The molecule has 20 heavy (non-hydrogen) atoms. The number of likely N-dealkylation sites (tertiary alicyclic amines) is 1. The fourth-order valence-electron chi connectivity index (χ4n) is 2.65. The van der Waals surface area contributed by atoms with E-state index in [0.717, 1.165) is 25.6 Å². The lowest BCUT2D eigenvalue weighted by atomic mass is 10.0. The highest BCUT2D eigenvalue weighted by Gasteiger charge is 2.30. The third-order valence-corrected chi connectivity index (χ3v) is 4.05. The molecule has 1 N–H and O–H groups in total. The van der Waals surface area contributed by atoms with Gasteiger partial charge in [-0.1, -0.05) is 12.1 Å². The van der Waals surface area contributed by atoms with Crippen molar-refractivity contribution in [3.8, 4) is 0 Å². The van der Waals surface area contributed by atoms with Crippen LogP contribution in [0, 0.1) is 0 Å². The van der Waals surface area contributed by atoms with Gasteiger partial charge in [-0.15, -0.1) is 0 Å². The van der Waals surface area contributed by atoms with E-state index in [2.05, 4.69) is 17.3 Å². The number of hydrogen-bond donors (Lipinski definition) is 1. The predicted octanol–water partition coefficient (Wildman–Crippen LogP) is 3.45. The highest BCUT2D eigenvalue weighted by atomic mass is 19.4. The predicted molar refractivity (Wildman–Crippen MR) is 73.5 cm³/mol. The van der Waals surface area contributed by atoms with E-state index in [-0.39, 0.29) is 6.04 Å². The van der Waals surface area contributed by atoms with E-state index in [1.165, 1.54) is 18.6 Å². The summed E-state index contributed by atoms with van der Waals surface area (Å²) < 4.78 is 38.1. The van der Waals surface area contributed by atoms with Gasteiger partial charge < -0.3 is 10.2 Å². The van der Waals surface area contributed by atoms with Gasteiger partial charge in [0, 0.05) is 18.6 Å². The Morgan fingerprint density at radius 3 is 2.75 bits per heavy atom. The zero-order valence-corrected chi connectivity index (χ0v) is 11.9. The Bertz CT molecular complexity index is 445. The van der Waals surface area contributed by atoms with Crippen LogP contribution in [-0.2, 0) is 6.18 Å². The van der Waals surface area contributed by atoms with Crippen molar-refractivity contribution in [2.24, 2.45) is 0 Å². The number of nitrogens with zero attached hydrogens (tertiary/aromatic N) is 1. The first-order chi connectivity index (χ1) is 9.38. The number of benzene rings is 1. The average molecular weight is 286 g/mol. The Hall–Kier alpha value is -1.07. The lowest BCUT2D eigenvalue weighted by Gasteiger charge is -2.23. The molecular formula is C15H21F3N2. The minimum atomic E-state index is -4.28. The van der Waals surface area contributed by atoms with Gasteiger partial charge in [0.15, 0.2) is 0 Å². The minimum Gasteiger partial charge on any atom is -0.309 e. The Labute approximate surface area is 118 Å². The van der Waals surface area contributed by atoms with Crippen molar-refractivity contribution in [1.29, 1.82) is 0 Å². The maximum atomic E-state index is 12.7. The molecule has 5 heteroatoms. The number of likely N-dealkylation sites (N-methyl/N-ethyl adjacent to an activating group) is 1. The van der Waals surface area contributed by atoms with Crippen LogP contribution >= 0.6 is 0 Å². The van der Waals surface area contributed by atoms with Crippen molar-refractivity contribution in [2.45, 2.75) is 38.0 Å². The van der Waals surface area contributed by atoms with Crippen molar-refractivity contribution >= 4 is 0 Å². The monoisotopic (exact) mass is 286 g/mol. The molecular weight excluding hydrogens is 265 g/mol. The van der Waals surface area contributed by atoms with Crippen molar-refractivity contribution in [2.75, 3.05) is 20.1 Å². The van der Waals surface area contributed by atoms with E-state index in [1.807, 2.05) is 6.92 Å². The summed E-state index contributed by atoms with van der Waals surface area (Å²) in [6, 6.07) is 5.97. The van der Waals surface area contributed by atoms with Gasteiger partial charge in [-0.25, -0.2) is 0 Å². The molecule has 2 rings (SSSR count). The number of rotatable bonds is 4. The second-order valence-corrected chi connectivity index (χ2v) is 5.53. The SMILES string of the molecule is CC(NCC1CCCN1C)c1cccc(C(F)(F)F)c1. The van der Waals surface area contributed by atoms with Gasteiger partial charge in [-0.05, 0) is 51.1 Å². The highest BCUT2D eigenvalue weighted by molar-refractivity contribution is 5.27. The zero-order valence-electron chi connectivity index (χ0n) is 11.9. The fourth-order valence-corrected chi connectivity index (χ4v) is 2.65. The van der Waals surface area contributed by atoms with Crippen LogP contribution in [0.4, 0.5) is 13.2 Å². The smallest absolute Gasteiger partial charge is 0.309 e. The molecule has 1 aliphatic rings. The molecule has 2 nitrogen and oxygen atoms in total. The molecule has 1 aromatic carbocycles. The summed E-state index contributed by atoms with van der Waals surface area (Å²) in [5.74, 6) is 0. The Balaban J connectivity index is 1.97. The molecule has 2 atom stereocenters. The highest BCUT2D eigenvalue weighted by Crippen LogP contribution is 2.30. The summed E-state index contributed by atoms with van der Waals surface area (Å²) in [6.07, 6.45) is -1.93. The van der Waals surface area contributed by atoms with Crippen LogP contribution in [0.1, 0.15) is 36.9 Å². The van der Waals surface area contributed by atoms with Gasteiger partial charge in [-0.3, -0.25) is 0 Å². The van der Waals surface area contributed by atoms with Crippen molar-refractivity contribution < 1.29 is 13.2 Å². The molecule has 0 amide bonds. The molecule has 1 fully saturated rings. The van der Waals surface area contributed by atoms with E-state index < -0.39 is 11.7 Å². The minimum absolute atomic E-state index is 0.0775. The lowest BCUT2D eigenvalue weighted by Crippen LogP contribution is -2.36. The first-order valence-electron chi connectivity index (χ1n) is 6.98. The Morgan fingerprint density at radius 1 is 1.40 bits per heavy atom. The van der Waals surface area contributed by atoms with Crippen LogP contribution in [0.2, 0.25) is 0 Å². The third kappa shape index (κ3) is 3.73. The summed E-state index contributed by atoms with van der Waals surface area (Å²) in [4.78, 5) is 2.30. The molecule has 112 valence electrons. The summed E-state index contributed by atoms with van der Waals surface area (Å²) in [5, 5.41) is 3.34. The topological polar surface area (TPSA) is 15.3 Å². The summed E-state index contributed by atoms with van der Waals surface area (Å²) >= 11 is 0. The Morgan fingerprint density at radius 2 is 2.15 bits per heavy atom. The standard InChI is InChI=1S/C15H21F3N2/c1-11(19-10-14-7-4-8-20(14)2)12-5-3-6-13(9-12)15(16,17)18/h3,5-6,9,11,14,19H,4,7-8,10H2,1-2H3. The molecule has 0 bridgehead atoms. The summed E-state index contributed by atoms with van der Waals surface area (Å²) in [6.45, 7) is 3.82. The van der Waals surface area contributed by atoms with Crippen molar-refractivity contribution in [3.63, 3.8) is 0 Å². The van der Waals surface area contributed by atoms with Crippen LogP contribution in [0.25, 0.3) is 0 Å². The number of nitrogens with one attached hydrogen (secondary N) is 1. The molecule has 0 aromatic heterocycles. The quantitative estimate of drug-likeness (QED) is 0.912. The zero-order chi connectivity index (χ0) is 14.8. The Kier molecular flexibility index (Phi) is 4.70. The summed E-state index contributed by atoms with van der Waals surface area (Å²) in [5.41, 5.74) is 0.0992. The summed E-state index contributed by atoms with van der Waals surface area (Å²) in [7, 11) is 2.09. The normalized spacial score (nSPS) is 22.1. The van der Waals surface area contributed by atoms with Gasteiger partial charge in [0.1, 0.15) is 0 Å².